The van der Waals surface area contributed by atoms with Crippen molar-refractivity contribution in [3.8, 4) is 0 Å². The van der Waals surface area contributed by atoms with Gasteiger partial charge < -0.3 is 4.74 Å². The van der Waals surface area contributed by atoms with Crippen LogP contribution in [0.4, 0.5) is 0 Å². The van der Waals surface area contributed by atoms with E-state index >= 15 is 0 Å². The average molecular weight is 293 g/mol. The quantitative estimate of drug-likeness (QED) is 0.855. The highest BCUT2D eigenvalue weighted by molar-refractivity contribution is 5.34. The summed E-state index contributed by atoms with van der Waals surface area (Å²) in [4.78, 5) is 2.47. The van der Waals surface area contributed by atoms with Gasteiger partial charge in [-0.15, -0.1) is 0 Å². The van der Waals surface area contributed by atoms with Crippen molar-refractivity contribution in [1.82, 2.24) is 14.7 Å². The van der Waals surface area contributed by atoms with Crippen molar-refractivity contribution in [1.29, 1.82) is 0 Å². The van der Waals surface area contributed by atoms with Crippen molar-refractivity contribution in [2.75, 3.05) is 32.8 Å². The van der Waals surface area contributed by atoms with Crippen molar-refractivity contribution < 1.29 is 4.74 Å². The van der Waals surface area contributed by atoms with Gasteiger partial charge in [-0.1, -0.05) is 34.6 Å². The molecule has 1 aliphatic rings. The van der Waals surface area contributed by atoms with Gasteiger partial charge in [0.25, 0.3) is 0 Å². The van der Waals surface area contributed by atoms with Gasteiger partial charge in [-0.25, -0.2) is 0 Å². The second-order valence-corrected chi connectivity index (χ2v) is 7.43. The monoisotopic (exact) mass is 293 g/mol. The molecule has 0 aromatic carbocycles. The van der Waals surface area contributed by atoms with Gasteiger partial charge >= 0.3 is 0 Å². The second-order valence-electron chi connectivity index (χ2n) is 7.43. The number of rotatable bonds is 4. The molecule has 0 bridgehead atoms. The third-order valence-corrected chi connectivity index (χ3v) is 4.20. The SMILES string of the molecule is Cc1nn(CCN2CCOCC2)c(C(C)C)c1C(C)(C)C. The lowest BCUT2D eigenvalue weighted by molar-refractivity contribution is 0.0358. The minimum absolute atomic E-state index is 0.154. The summed E-state index contributed by atoms with van der Waals surface area (Å²) in [5.74, 6) is 0.505. The van der Waals surface area contributed by atoms with Crippen LogP contribution >= 0.6 is 0 Å². The summed E-state index contributed by atoms with van der Waals surface area (Å²) in [5, 5.41) is 4.84. The van der Waals surface area contributed by atoms with Crippen LogP contribution in [0, 0.1) is 6.92 Å². The molecule has 0 aliphatic carbocycles. The van der Waals surface area contributed by atoms with Crippen LogP contribution in [0.5, 0.6) is 0 Å². The minimum Gasteiger partial charge on any atom is -0.379 e. The van der Waals surface area contributed by atoms with Gasteiger partial charge in [0.1, 0.15) is 0 Å². The van der Waals surface area contributed by atoms with Gasteiger partial charge in [-0.05, 0) is 18.3 Å². The Morgan fingerprint density at radius 2 is 1.76 bits per heavy atom. The minimum atomic E-state index is 0.154. The fourth-order valence-electron chi connectivity index (χ4n) is 3.34. The van der Waals surface area contributed by atoms with E-state index in [2.05, 4.69) is 51.1 Å². The molecule has 0 radical (unpaired) electrons. The summed E-state index contributed by atoms with van der Waals surface area (Å²) >= 11 is 0. The number of aromatic nitrogens is 2. The molecule has 4 nitrogen and oxygen atoms in total. The number of nitrogens with zero attached hydrogens (tertiary/aromatic N) is 3. The molecule has 2 rings (SSSR count). The molecule has 0 amide bonds. The predicted molar refractivity (Wildman–Crippen MR) is 87.0 cm³/mol. The molecule has 1 aromatic rings. The summed E-state index contributed by atoms with van der Waals surface area (Å²) in [7, 11) is 0. The Labute approximate surface area is 129 Å². The molecule has 4 heteroatoms. The van der Waals surface area contributed by atoms with E-state index in [1.54, 1.807) is 0 Å². The Balaban J connectivity index is 2.19. The lowest BCUT2D eigenvalue weighted by atomic mass is 9.83. The molecule has 0 saturated carbocycles. The van der Waals surface area contributed by atoms with Crippen LogP contribution in [0.15, 0.2) is 0 Å². The first-order valence-corrected chi connectivity index (χ1v) is 8.18. The van der Waals surface area contributed by atoms with E-state index in [1.807, 2.05) is 0 Å². The highest BCUT2D eigenvalue weighted by atomic mass is 16.5. The zero-order valence-electron chi connectivity index (χ0n) is 14.6. The lowest BCUT2D eigenvalue weighted by Crippen LogP contribution is -2.38. The lowest BCUT2D eigenvalue weighted by Gasteiger charge is -2.27. The molecule has 1 aromatic heterocycles. The molecule has 0 atom stereocenters. The molecule has 2 heterocycles. The van der Waals surface area contributed by atoms with Crippen molar-refractivity contribution in [2.45, 2.75) is 59.4 Å². The molecule has 21 heavy (non-hydrogen) atoms. The first kappa shape index (κ1) is 16.5. The second kappa shape index (κ2) is 6.49. The molecule has 120 valence electrons. The molecular formula is C17H31N3O. The van der Waals surface area contributed by atoms with E-state index < -0.39 is 0 Å². The van der Waals surface area contributed by atoms with E-state index in [4.69, 9.17) is 9.84 Å². The maximum atomic E-state index is 5.42. The van der Waals surface area contributed by atoms with Crippen LogP contribution in [0.1, 0.15) is 57.5 Å². The van der Waals surface area contributed by atoms with Crippen LogP contribution in [0.25, 0.3) is 0 Å². The van der Waals surface area contributed by atoms with E-state index in [1.165, 1.54) is 17.0 Å². The number of hydrogen-bond acceptors (Lipinski definition) is 3. The van der Waals surface area contributed by atoms with E-state index in [9.17, 15) is 0 Å². The summed E-state index contributed by atoms with van der Waals surface area (Å²) in [6.07, 6.45) is 0. The van der Waals surface area contributed by atoms with Gasteiger partial charge in [0, 0.05) is 30.9 Å². The molecule has 1 saturated heterocycles. The first-order chi connectivity index (χ1) is 9.80. The summed E-state index contributed by atoms with van der Waals surface area (Å²) in [6, 6.07) is 0. The van der Waals surface area contributed by atoms with Crippen molar-refractivity contribution >= 4 is 0 Å². The van der Waals surface area contributed by atoms with Gasteiger partial charge in [-0.3, -0.25) is 9.58 Å². The van der Waals surface area contributed by atoms with Gasteiger partial charge in [0.2, 0.25) is 0 Å². The molecule has 1 fully saturated rings. The standard InChI is InChI=1S/C17H31N3O/c1-13(2)16-15(17(4,5)6)14(3)18-20(16)8-7-19-9-11-21-12-10-19/h13H,7-12H2,1-6H3. The summed E-state index contributed by atoms with van der Waals surface area (Å²) in [5.41, 5.74) is 4.18. The maximum Gasteiger partial charge on any atom is 0.0634 e. The number of morpholine rings is 1. The zero-order valence-corrected chi connectivity index (χ0v) is 14.6. The average Bonchev–Trinajstić information content (AvgIpc) is 2.74. The maximum absolute atomic E-state index is 5.42. The van der Waals surface area contributed by atoms with Gasteiger partial charge in [0.05, 0.1) is 25.5 Å². The third-order valence-electron chi connectivity index (χ3n) is 4.20. The number of hydrogen-bond donors (Lipinski definition) is 0. The van der Waals surface area contributed by atoms with Gasteiger partial charge in [0.15, 0.2) is 0 Å². The highest BCUT2D eigenvalue weighted by Gasteiger charge is 2.27. The van der Waals surface area contributed by atoms with Crippen LogP contribution in [-0.2, 0) is 16.7 Å². The van der Waals surface area contributed by atoms with E-state index in [0.29, 0.717) is 5.92 Å². The van der Waals surface area contributed by atoms with Crippen LogP contribution in [-0.4, -0.2) is 47.5 Å². The Kier molecular flexibility index (Phi) is 5.10. The van der Waals surface area contributed by atoms with Gasteiger partial charge in [-0.2, -0.15) is 5.10 Å². The van der Waals surface area contributed by atoms with Crippen LogP contribution < -0.4 is 0 Å². The first-order valence-electron chi connectivity index (χ1n) is 8.18. The highest BCUT2D eigenvalue weighted by Crippen LogP contribution is 2.33. The Bertz CT molecular complexity index is 465. The van der Waals surface area contributed by atoms with Crippen molar-refractivity contribution in [2.24, 2.45) is 0 Å². The van der Waals surface area contributed by atoms with Crippen LogP contribution in [0.3, 0.4) is 0 Å². The third kappa shape index (κ3) is 3.86. The number of aryl methyl sites for hydroxylation is 1. The normalized spacial score (nSPS) is 17.7. The summed E-state index contributed by atoms with van der Waals surface area (Å²) < 4.78 is 7.66. The molecule has 0 spiro atoms. The van der Waals surface area contributed by atoms with Crippen LogP contribution in [0.2, 0.25) is 0 Å². The van der Waals surface area contributed by atoms with Crippen molar-refractivity contribution in [3.05, 3.63) is 17.0 Å². The van der Waals surface area contributed by atoms with Crippen molar-refractivity contribution in [3.63, 3.8) is 0 Å². The Morgan fingerprint density at radius 3 is 2.29 bits per heavy atom. The Morgan fingerprint density at radius 1 is 1.14 bits per heavy atom. The smallest absolute Gasteiger partial charge is 0.0634 e. The summed E-state index contributed by atoms with van der Waals surface area (Å²) in [6.45, 7) is 19.4. The predicted octanol–water partition coefficient (Wildman–Crippen LogP) is 2.94. The molecule has 0 N–H and O–H groups in total. The fourth-order valence-corrected chi connectivity index (χ4v) is 3.34. The van der Waals surface area contributed by atoms with E-state index in [-0.39, 0.29) is 5.41 Å². The fraction of sp³-hybridized carbons (Fsp3) is 0.824. The molecular weight excluding hydrogens is 262 g/mol. The van der Waals surface area contributed by atoms with E-state index in [0.717, 1.165) is 39.4 Å². The molecule has 0 unspecified atom stereocenters. The molecule has 1 aliphatic heterocycles. The topological polar surface area (TPSA) is 30.3 Å². The zero-order chi connectivity index (χ0) is 15.6. The number of ether oxygens (including phenoxy) is 1. The largest absolute Gasteiger partial charge is 0.379 e. The Hall–Kier alpha value is -0.870.